The molecule has 4 saturated carbocycles. The van der Waals surface area contributed by atoms with Crippen molar-refractivity contribution in [3.05, 3.63) is 29.7 Å². The quantitative estimate of drug-likeness (QED) is 0.410. The van der Waals surface area contributed by atoms with E-state index in [9.17, 15) is 9.90 Å². The van der Waals surface area contributed by atoms with E-state index >= 15 is 0 Å². The van der Waals surface area contributed by atoms with Crippen LogP contribution in [-0.4, -0.2) is 58.2 Å². The molecule has 224 valence electrons. The van der Waals surface area contributed by atoms with Crippen LogP contribution in [0.5, 0.6) is 0 Å². The summed E-state index contributed by atoms with van der Waals surface area (Å²) < 4.78 is 0. The van der Waals surface area contributed by atoms with Gasteiger partial charge < -0.3 is 14.9 Å². The summed E-state index contributed by atoms with van der Waals surface area (Å²) in [5.74, 6) is 5.85. The van der Waals surface area contributed by atoms with Crippen molar-refractivity contribution in [1.29, 1.82) is 0 Å². The summed E-state index contributed by atoms with van der Waals surface area (Å²) in [5.41, 5.74) is 3.61. The van der Waals surface area contributed by atoms with Crippen molar-refractivity contribution in [3.63, 3.8) is 0 Å². The number of aromatic nitrogens is 2. The summed E-state index contributed by atoms with van der Waals surface area (Å²) in [5, 5.41) is 10.3. The molecule has 8 atom stereocenters. The summed E-state index contributed by atoms with van der Waals surface area (Å²) in [7, 11) is 0. The Bertz CT molecular complexity index is 1170. The molecule has 5 fully saturated rings. The van der Waals surface area contributed by atoms with Gasteiger partial charge in [0.1, 0.15) is 12.1 Å². The summed E-state index contributed by atoms with van der Waals surface area (Å²) in [6.45, 7) is 11.0. The van der Waals surface area contributed by atoms with Crippen LogP contribution in [0, 0.1) is 40.4 Å². The molecule has 0 bridgehead atoms. The maximum Gasteiger partial charge on any atom is 0.222 e. The molecule has 41 heavy (non-hydrogen) atoms. The van der Waals surface area contributed by atoms with Gasteiger partial charge in [-0.3, -0.25) is 4.79 Å². The van der Waals surface area contributed by atoms with Gasteiger partial charge in [0.15, 0.2) is 0 Å². The van der Waals surface area contributed by atoms with E-state index in [1.165, 1.54) is 56.9 Å². The van der Waals surface area contributed by atoms with E-state index in [1.807, 2.05) is 6.20 Å². The molecule has 2 heterocycles. The number of carbonyl (C=O) groups excluding carboxylic acids is 1. The first-order valence-electron chi connectivity index (χ1n) is 17.0. The first-order chi connectivity index (χ1) is 19.8. The number of anilines is 1. The van der Waals surface area contributed by atoms with Crippen LogP contribution in [0.2, 0.25) is 0 Å². The Morgan fingerprint density at radius 1 is 1.05 bits per heavy atom. The third-order valence-electron chi connectivity index (χ3n) is 13.3. The number of hydrogen-bond acceptors (Lipinski definition) is 5. The van der Waals surface area contributed by atoms with E-state index in [0.717, 1.165) is 74.9 Å². The summed E-state index contributed by atoms with van der Waals surface area (Å²) in [6, 6.07) is 0. The standard InChI is InChI=1S/C35H52N4O2/c1-23(4-11-32(41)38-16-18-39(19-17-38)33-28(24-5-6-24)21-36-22-37-33)29-9-10-30-27-8-7-25-20-26(40)12-14-34(25,2)31(27)13-15-35(29,30)3/h7,21-24,26-27,29-31,40H,4-6,8-20H2,1-3H3/t23-,26+,27+,29-,30+,31+,34+,35-/m1/s1. The number of piperazine rings is 1. The molecule has 1 aliphatic heterocycles. The van der Waals surface area contributed by atoms with E-state index in [4.69, 9.17) is 0 Å². The van der Waals surface area contributed by atoms with Crippen LogP contribution in [0.3, 0.4) is 0 Å². The monoisotopic (exact) mass is 560 g/mol. The molecule has 0 aromatic carbocycles. The molecule has 6 aliphatic rings. The summed E-state index contributed by atoms with van der Waals surface area (Å²) in [6.07, 6.45) is 20.0. The molecule has 7 rings (SSSR count). The summed E-state index contributed by atoms with van der Waals surface area (Å²) in [4.78, 5) is 26.7. The number of nitrogens with zero attached hydrogens (tertiary/aromatic N) is 4. The zero-order valence-corrected chi connectivity index (χ0v) is 25.7. The SMILES string of the molecule is C[C@H](CCC(=O)N1CCN(c2ncncc2C2CC2)CC1)[C@H]1CC[C@H]2[C@@H]3CC=C4C[C@@H](O)CC[C@]4(C)[C@H]3CC[C@]12C. The largest absolute Gasteiger partial charge is 0.393 e. The Balaban J connectivity index is 0.939. The third kappa shape index (κ3) is 4.84. The van der Waals surface area contributed by atoms with Gasteiger partial charge in [-0.05, 0) is 117 Å². The number of rotatable bonds is 6. The van der Waals surface area contributed by atoms with Gasteiger partial charge in [0.2, 0.25) is 5.91 Å². The van der Waals surface area contributed by atoms with Gasteiger partial charge in [-0.15, -0.1) is 0 Å². The third-order valence-corrected chi connectivity index (χ3v) is 13.3. The molecular formula is C35H52N4O2. The summed E-state index contributed by atoms with van der Waals surface area (Å²) >= 11 is 0. The Morgan fingerprint density at radius 2 is 1.85 bits per heavy atom. The number of fused-ring (bicyclic) bond motifs is 5. The van der Waals surface area contributed by atoms with Crippen LogP contribution in [0.1, 0.15) is 109 Å². The van der Waals surface area contributed by atoms with E-state index < -0.39 is 0 Å². The van der Waals surface area contributed by atoms with Gasteiger partial charge in [-0.25, -0.2) is 9.97 Å². The number of amides is 1. The number of hydrogen-bond donors (Lipinski definition) is 1. The lowest BCUT2D eigenvalue weighted by Gasteiger charge is -2.58. The topological polar surface area (TPSA) is 69.6 Å². The smallest absolute Gasteiger partial charge is 0.222 e. The predicted octanol–water partition coefficient (Wildman–Crippen LogP) is 6.36. The molecule has 6 heteroatoms. The van der Waals surface area contributed by atoms with Gasteiger partial charge in [0.05, 0.1) is 6.10 Å². The molecular weight excluding hydrogens is 508 g/mol. The Morgan fingerprint density at radius 3 is 2.63 bits per heavy atom. The zero-order chi connectivity index (χ0) is 28.4. The second kappa shape index (κ2) is 10.6. The lowest BCUT2D eigenvalue weighted by Crippen LogP contribution is -2.51. The highest BCUT2D eigenvalue weighted by atomic mass is 16.3. The number of aliphatic hydroxyl groups excluding tert-OH is 1. The first kappa shape index (κ1) is 27.9. The van der Waals surface area contributed by atoms with Crippen molar-refractivity contribution in [2.75, 3.05) is 31.1 Å². The van der Waals surface area contributed by atoms with Crippen LogP contribution < -0.4 is 4.90 Å². The maximum atomic E-state index is 13.3. The first-order valence-corrected chi connectivity index (χ1v) is 17.0. The molecule has 6 nitrogen and oxygen atoms in total. The normalized spacial score (nSPS) is 39.4. The Labute approximate surface area is 247 Å². The van der Waals surface area contributed by atoms with Crippen molar-refractivity contribution in [3.8, 4) is 0 Å². The van der Waals surface area contributed by atoms with Crippen molar-refractivity contribution in [1.82, 2.24) is 14.9 Å². The highest BCUT2D eigenvalue weighted by Crippen LogP contribution is 2.67. The second-order valence-electron chi connectivity index (χ2n) is 15.3. The van der Waals surface area contributed by atoms with E-state index in [2.05, 4.69) is 46.6 Å². The number of allylic oxidation sites excluding steroid dienone is 1. The fourth-order valence-corrected chi connectivity index (χ4v) is 10.8. The lowest BCUT2D eigenvalue weighted by molar-refractivity contribution is -0.132. The maximum absolute atomic E-state index is 13.3. The average Bonchev–Trinajstić information content (AvgIpc) is 3.77. The molecule has 0 spiro atoms. The van der Waals surface area contributed by atoms with Crippen LogP contribution in [0.4, 0.5) is 5.82 Å². The Hall–Kier alpha value is -1.95. The number of carbonyl (C=O) groups is 1. The van der Waals surface area contributed by atoms with Crippen LogP contribution in [-0.2, 0) is 4.79 Å². The van der Waals surface area contributed by atoms with Crippen molar-refractivity contribution >= 4 is 11.7 Å². The van der Waals surface area contributed by atoms with E-state index in [0.29, 0.717) is 35.0 Å². The molecule has 1 aromatic heterocycles. The van der Waals surface area contributed by atoms with Crippen molar-refractivity contribution in [2.24, 2.45) is 40.4 Å². The van der Waals surface area contributed by atoms with Gasteiger partial charge in [-0.2, -0.15) is 0 Å². The molecule has 1 aromatic rings. The molecule has 0 radical (unpaired) electrons. The molecule has 5 aliphatic carbocycles. The van der Waals surface area contributed by atoms with Crippen molar-refractivity contribution < 1.29 is 9.90 Å². The molecule has 1 saturated heterocycles. The molecule has 1 amide bonds. The highest BCUT2D eigenvalue weighted by molar-refractivity contribution is 5.76. The van der Waals surface area contributed by atoms with Crippen LogP contribution in [0.25, 0.3) is 0 Å². The van der Waals surface area contributed by atoms with Crippen LogP contribution >= 0.6 is 0 Å². The highest BCUT2D eigenvalue weighted by Gasteiger charge is 2.59. The fraction of sp³-hybridized carbons (Fsp3) is 0.800. The number of aliphatic hydroxyl groups is 1. The van der Waals surface area contributed by atoms with Gasteiger partial charge >= 0.3 is 0 Å². The second-order valence-corrected chi connectivity index (χ2v) is 15.3. The van der Waals surface area contributed by atoms with E-state index in [-0.39, 0.29) is 6.10 Å². The van der Waals surface area contributed by atoms with Gasteiger partial charge in [0, 0.05) is 44.4 Å². The average molecular weight is 561 g/mol. The lowest BCUT2D eigenvalue weighted by atomic mass is 9.47. The van der Waals surface area contributed by atoms with Gasteiger partial charge in [0.25, 0.3) is 0 Å². The van der Waals surface area contributed by atoms with Crippen molar-refractivity contribution in [2.45, 2.75) is 110 Å². The molecule has 1 N–H and O–H groups in total. The minimum absolute atomic E-state index is 0.123. The minimum Gasteiger partial charge on any atom is -0.393 e. The van der Waals surface area contributed by atoms with Crippen LogP contribution in [0.15, 0.2) is 24.2 Å². The van der Waals surface area contributed by atoms with E-state index in [1.54, 1.807) is 11.9 Å². The Kier molecular flexibility index (Phi) is 7.23. The fourth-order valence-electron chi connectivity index (χ4n) is 10.8. The van der Waals surface area contributed by atoms with Gasteiger partial charge in [-0.1, -0.05) is 32.4 Å². The predicted molar refractivity (Wildman–Crippen MR) is 162 cm³/mol. The minimum atomic E-state index is -0.123. The molecule has 0 unspecified atom stereocenters. The zero-order valence-electron chi connectivity index (χ0n) is 25.7.